The number of carbonyl (C=O) groups excluding carboxylic acids is 1. The number of hydrogen-bond donors (Lipinski definition) is 1. The molecule has 3 rings (SSSR count). The lowest BCUT2D eigenvalue weighted by atomic mass is 10.0. The number of carbonyl (C=O) groups is 1. The summed E-state index contributed by atoms with van der Waals surface area (Å²) in [5.41, 5.74) is 3.24. The van der Waals surface area contributed by atoms with Gasteiger partial charge >= 0.3 is 0 Å². The van der Waals surface area contributed by atoms with E-state index in [-0.39, 0.29) is 23.0 Å². The van der Waals surface area contributed by atoms with Crippen molar-refractivity contribution in [1.29, 1.82) is 0 Å². The molecule has 6 heteroatoms. The molecule has 1 N–H and O–H groups in total. The Morgan fingerprint density at radius 1 is 1.17 bits per heavy atom. The molecule has 3 nitrogen and oxygen atoms in total. The number of aryl methyl sites for hydroxylation is 2. The first kappa shape index (κ1) is 15.6. The van der Waals surface area contributed by atoms with E-state index in [9.17, 15) is 13.6 Å². The van der Waals surface area contributed by atoms with Crippen molar-refractivity contribution >= 4 is 32.6 Å². The Labute approximate surface area is 136 Å². The van der Waals surface area contributed by atoms with Crippen molar-refractivity contribution in [2.24, 2.45) is 0 Å². The fourth-order valence-electron chi connectivity index (χ4n) is 2.27. The van der Waals surface area contributed by atoms with Gasteiger partial charge in [-0.1, -0.05) is 29.5 Å². The SMILES string of the molecule is Cc1ccc(CC(=O)Nc2nc3c(F)cc(F)cc3s2)cc1C. The van der Waals surface area contributed by atoms with Gasteiger partial charge in [0.15, 0.2) is 10.9 Å². The Morgan fingerprint density at radius 2 is 1.96 bits per heavy atom. The highest BCUT2D eigenvalue weighted by Crippen LogP contribution is 2.28. The summed E-state index contributed by atoms with van der Waals surface area (Å²) in [5.74, 6) is -1.63. The maximum absolute atomic E-state index is 13.6. The quantitative estimate of drug-likeness (QED) is 0.774. The van der Waals surface area contributed by atoms with Crippen LogP contribution in [0.4, 0.5) is 13.9 Å². The number of benzene rings is 2. The molecule has 1 aromatic heterocycles. The van der Waals surface area contributed by atoms with E-state index in [2.05, 4.69) is 10.3 Å². The first-order valence-corrected chi connectivity index (χ1v) is 7.85. The van der Waals surface area contributed by atoms with E-state index in [0.717, 1.165) is 34.1 Å². The first-order valence-electron chi connectivity index (χ1n) is 7.04. The summed E-state index contributed by atoms with van der Waals surface area (Å²) in [6, 6.07) is 7.81. The van der Waals surface area contributed by atoms with Gasteiger partial charge in [-0.25, -0.2) is 13.8 Å². The Hall–Kier alpha value is -2.34. The van der Waals surface area contributed by atoms with E-state index < -0.39 is 11.6 Å². The fraction of sp³-hybridized carbons (Fsp3) is 0.176. The van der Waals surface area contributed by atoms with E-state index in [1.807, 2.05) is 32.0 Å². The second-order valence-corrected chi connectivity index (χ2v) is 6.43. The third kappa shape index (κ3) is 3.37. The normalized spacial score (nSPS) is 11.0. The van der Waals surface area contributed by atoms with Gasteiger partial charge < -0.3 is 5.32 Å². The molecule has 3 aromatic rings. The van der Waals surface area contributed by atoms with Crippen LogP contribution in [0.1, 0.15) is 16.7 Å². The van der Waals surface area contributed by atoms with Crippen LogP contribution in [0.3, 0.4) is 0 Å². The highest BCUT2D eigenvalue weighted by molar-refractivity contribution is 7.22. The van der Waals surface area contributed by atoms with E-state index in [1.165, 1.54) is 6.07 Å². The van der Waals surface area contributed by atoms with Gasteiger partial charge in [0.2, 0.25) is 5.91 Å². The number of nitrogens with one attached hydrogen (secondary N) is 1. The molecule has 0 radical (unpaired) electrons. The van der Waals surface area contributed by atoms with Crippen LogP contribution in [-0.2, 0) is 11.2 Å². The van der Waals surface area contributed by atoms with E-state index in [4.69, 9.17) is 0 Å². The number of amides is 1. The van der Waals surface area contributed by atoms with Crippen molar-refractivity contribution < 1.29 is 13.6 Å². The maximum atomic E-state index is 13.6. The van der Waals surface area contributed by atoms with Crippen LogP contribution >= 0.6 is 11.3 Å². The zero-order chi connectivity index (χ0) is 16.6. The number of nitrogens with zero attached hydrogens (tertiary/aromatic N) is 1. The van der Waals surface area contributed by atoms with Crippen molar-refractivity contribution in [2.45, 2.75) is 20.3 Å². The van der Waals surface area contributed by atoms with E-state index in [1.54, 1.807) is 0 Å². The van der Waals surface area contributed by atoms with Crippen LogP contribution in [0.15, 0.2) is 30.3 Å². The molecule has 0 aliphatic rings. The number of anilines is 1. The predicted octanol–water partition coefficient (Wildman–Crippen LogP) is 4.37. The lowest BCUT2D eigenvalue weighted by Crippen LogP contribution is -2.14. The first-order chi connectivity index (χ1) is 10.9. The molecule has 0 atom stereocenters. The summed E-state index contributed by atoms with van der Waals surface area (Å²) in [6.07, 6.45) is 0.202. The number of halogens is 2. The Bertz CT molecular complexity index is 905. The molecule has 0 fully saturated rings. The van der Waals surface area contributed by atoms with Gasteiger partial charge in [0.1, 0.15) is 11.3 Å². The molecular formula is C17H14F2N2OS. The van der Waals surface area contributed by atoms with Crippen molar-refractivity contribution in [2.75, 3.05) is 5.32 Å². The molecule has 0 aliphatic heterocycles. The summed E-state index contributed by atoms with van der Waals surface area (Å²) >= 11 is 1.05. The lowest BCUT2D eigenvalue weighted by molar-refractivity contribution is -0.115. The number of thiazole rings is 1. The highest BCUT2D eigenvalue weighted by Gasteiger charge is 2.13. The van der Waals surface area contributed by atoms with Crippen molar-refractivity contribution in [1.82, 2.24) is 4.98 Å². The largest absolute Gasteiger partial charge is 0.302 e. The summed E-state index contributed by atoms with van der Waals surface area (Å²) in [4.78, 5) is 16.1. The summed E-state index contributed by atoms with van der Waals surface area (Å²) < 4.78 is 27.2. The van der Waals surface area contributed by atoms with Crippen molar-refractivity contribution in [3.05, 3.63) is 58.7 Å². The summed E-state index contributed by atoms with van der Waals surface area (Å²) in [6.45, 7) is 4.00. The second kappa shape index (κ2) is 6.04. The molecule has 0 saturated carbocycles. The van der Waals surface area contributed by atoms with Crippen molar-refractivity contribution in [3.8, 4) is 0 Å². The second-order valence-electron chi connectivity index (χ2n) is 5.40. The number of hydrogen-bond acceptors (Lipinski definition) is 3. The van der Waals surface area contributed by atoms with Crippen LogP contribution in [-0.4, -0.2) is 10.9 Å². The molecule has 0 aliphatic carbocycles. The molecule has 23 heavy (non-hydrogen) atoms. The topological polar surface area (TPSA) is 42.0 Å². The molecule has 0 unspecified atom stereocenters. The van der Waals surface area contributed by atoms with Crippen LogP contribution in [0.5, 0.6) is 0 Å². The zero-order valence-corrected chi connectivity index (χ0v) is 13.4. The van der Waals surface area contributed by atoms with Crippen molar-refractivity contribution in [3.63, 3.8) is 0 Å². The third-order valence-corrected chi connectivity index (χ3v) is 4.51. The molecule has 2 aromatic carbocycles. The van der Waals surface area contributed by atoms with Crippen LogP contribution in [0.2, 0.25) is 0 Å². The summed E-state index contributed by atoms with van der Waals surface area (Å²) in [7, 11) is 0. The van der Waals surface area contributed by atoms with Gasteiger partial charge in [-0.15, -0.1) is 0 Å². The maximum Gasteiger partial charge on any atom is 0.230 e. The number of rotatable bonds is 3. The molecule has 1 heterocycles. The number of fused-ring (bicyclic) bond motifs is 1. The van der Waals surface area contributed by atoms with Gasteiger partial charge in [-0.2, -0.15) is 0 Å². The minimum Gasteiger partial charge on any atom is -0.302 e. The Kier molecular flexibility index (Phi) is 4.09. The molecule has 0 bridgehead atoms. The predicted molar refractivity (Wildman–Crippen MR) is 87.8 cm³/mol. The summed E-state index contributed by atoms with van der Waals surface area (Å²) in [5, 5.41) is 2.90. The van der Waals surface area contributed by atoms with Gasteiger partial charge in [-0.05, 0) is 36.6 Å². The van der Waals surface area contributed by atoms with Crippen LogP contribution < -0.4 is 5.32 Å². The van der Waals surface area contributed by atoms with Crippen LogP contribution in [0.25, 0.3) is 10.2 Å². The van der Waals surface area contributed by atoms with Gasteiger partial charge in [-0.3, -0.25) is 4.79 Å². The third-order valence-electron chi connectivity index (χ3n) is 3.60. The van der Waals surface area contributed by atoms with Gasteiger partial charge in [0.05, 0.1) is 11.1 Å². The van der Waals surface area contributed by atoms with Crippen LogP contribution in [0, 0.1) is 25.5 Å². The van der Waals surface area contributed by atoms with Gasteiger partial charge in [0, 0.05) is 6.07 Å². The monoisotopic (exact) mass is 332 g/mol. The minimum atomic E-state index is -0.731. The minimum absolute atomic E-state index is 0.0675. The number of aromatic nitrogens is 1. The highest BCUT2D eigenvalue weighted by atomic mass is 32.1. The smallest absolute Gasteiger partial charge is 0.230 e. The molecule has 0 spiro atoms. The lowest BCUT2D eigenvalue weighted by Gasteiger charge is -2.05. The standard InChI is InChI=1S/C17H14F2N2OS/c1-9-3-4-11(5-10(9)2)6-15(22)20-17-21-16-13(19)7-12(18)8-14(16)23-17/h3-5,7-8H,6H2,1-2H3,(H,20,21,22). The zero-order valence-electron chi connectivity index (χ0n) is 12.6. The Balaban J connectivity index is 1.77. The molecule has 1 amide bonds. The molecular weight excluding hydrogens is 318 g/mol. The van der Waals surface area contributed by atoms with E-state index >= 15 is 0 Å². The fourth-order valence-corrected chi connectivity index (χ4v) is 3.19. The Morgan fingerprint density at radius 3 is 2.70 bits per heavy atom. The molecule has 0 saturated heterocycles. The average Bonchev–Trinajstić information content (AvgIpc) is 2.85. The van der Waals surface area contributed by atoms with E-state index in [0.29, 0.717) is 4.70 Å². The molecule has 118 valence electrons. The van der Waals surface area contributed by atoms with Gasteiger partial charge in [0.25, 0.3) is 0 Å². The average molecular weight is 332 g/mol.